The summed E-state index contributed by atoms with van der Waals surface area (Å²) in [4.78, 5) is 30.3. The third-order valence-electron chi connectivity index (χ3n) is 5.16. The maximum atomic E-state index is 13.0. The van der Waals surface area contributed by atoms with Gasteiger partial charge in [0.2, 0.25) is 5.91 Å². The van der Waals surface area contributed by atoms with Crippen LogP contribution in [0.25, 0.3) is 10.2 Å². The molecule has 2 aromatic carbocycles. The number of amides is 2. The zero-order valence-electron chi connectivity index (χ0n) is 19.2. The number of nitrogens with zero attached hydrogens (tertiary/aromatic N) is 2. The summed E-state index contributed by atoms with van der Waals surface area (Å²) in [5.74, 6) is -1.11. The molecule has 1 aromatic heterocycles. The number of likely N-dealkylation sites (N-methyl/N-ethyl adjacent to an activating group) is 1. The van der Waals surface area contributed by atoms with E-state index < -0.39 is 17.6 Å². The Balaban J connectivity index is 1.81. The van der Waals surface area contributed by atoms with Crippen molar-refractivity contribution >= 4 is 50.1 Å². The Bertz CT molecular complexity index is 1250. The minimum Gasteiger partial charge on any atom is -0.507 e. The second kappa shape index (κ2) is 10.8. The lowest BCUT2D eigenvalue weighted by atomic mass is 10.1. The molecular formula is C23H24ClF3N4O3S. The first kappa shape index (κ1) is 26.7. The number of hydrogen-bond donors (Lipinski definition) is 3. The largest absolute Gasteiger partial charge is 0.507 e. The van der Waals surface area contributed by atoms with E-state index in [1.54, 1.807) is 6.07 Å². The van der Waals surface area contributed by atoms with E-state index in [0.29, 0.717) is 24.2 Å². The van der Waals surface area contributed by atoms with Crippen molar-refractivity contribution in [2.75, 3.05) is 18.4 Å². The molecule has 0 aliphatic rings. The second-order valence-corrected chi connectivity index (χ2v) is 9.51. The Morgan fingerprint density at radius 3 is 2.60 bits per heavy atom. The number of carbonyl (C=O) groups excluding carboxylic acids is 2. The molecule has 0 aliphatic heterocycles. The highest BCUT2D eigenvalue weighted by Gasteiger charge is 2.31. The highest BCUT2D eigenvalue weighted by Crippen LogP contribution is 2.35. The van der Waals surface area contributed by atoms with Crippen LogP contribution in [-0.4, -0.2) is 45.9 Å². The summed E-state index contributed by atoms with van der Waals surface area (Å²) in [6.45, 7) is 6.61. The number of alkyl halides is 3. The first-order valence-electron chi connectivity index (χ1n) is 10.7. The van der Waals surface area contributed by atoms with Crippen LogP contribution in [0.15, 0.2) is 30.3 Å². The molecule has 3 aromatic rings. The molecule has 0 bridgehead atoms. The average Bonchev–Trinajstić information content (AvgIpc) is 3.15. The Hall–Kier alpha value is -2.89. The van der Waals surface area contributed by atoms with E-state index in [1.165, 1.54) is 19.1 Å². The van der Waals surface area contributed by atoms with Crippen LogP contribution in [-0.2, 0) is 17.5 Å². The number of phenols is 1. The Morgan fingerprint density at radius 2 is 1.97 bits per heavy atom. The smallest absolute Gasteiger partial charge is 0.416 e. The van der Waals surface area contributed by atoms with Gasteiger partial charge >= 0.3 is 6.18 Å². The summed E-state index contributed by atoms with van der Waals surface area (Å²) < 4.78 is 39.2. The number of halogens is 4. The zero-order chi connectivity index (χ0) is 25.9. The van der Waals surface area contributed by atoms with Crippen LogP contribution in [0.3, 0.4) is 0 Å². The van der Waals surface area contributed by atoms with E-state index in [0.717, 1.165) is 23.5 Å². The van der Waals surface area contributed by atoms with Gasteiger partial charge in [0.1, 0.15) is 5.75 Å². The monoisotopic (exact) mass is 528 g/mol. The summed E-state index contributed by atoms with van der Waals surface area (Å²) in [6.07, 6.45) is -4.49. The summed E-state index contributed by atoms with van der Waals surface area (Å²) in [5.41, 5.74) is -0.175. The number of carbonyl (C=O) groups is 2. The maximum absolute atomic E-state index is 13.0. The first-order valence-corrected chi connectivity index (χ1v) is 11.9. The van der Waals surface area contributed by atoms with Crippen LogP contribution in [0.1, 0.15) is 42.3 Å². The number of phenolic OH excluding ortho intramolecular Hbond substituents is 1. The molecule has 188 valence electrons. The molecule has 3 rings (SSSR count). The number of fused-ring (bicyclic) bond motifs is 1. The molecule has 0 saturated heterocycles. The van der Waals surface area contributed by atoms with Gasteiger partial charge in [-0.2, -0.15) is 13.2 Å². The van der Waals surface area contributed by atoms with Gasteiger partial charge in [-0.25, -0.2) is 4.98 Å². The lowest BCUT2D eigenvalue weighted by Crippen LogP contribution is -2.40. The predicted molar refractivity (Wildman–Crippen MR) is 130 cm³/mol. The Kier molecular flexibility index (Phi) is 8.24. The topological polar surface area (TPSA) is 94.6 Å². The number of benzene rings is 2. The quantitative estimate of drug-likeness (QED) is 0.370. The van der Waals surface area contributed by atoms with Crippen molar-refractivity contribution in [3.05, 3.63) is 52.0 Å². The normalized spacial score (nSPS) is 12.7. The van der Waals surface area contributed by atoms with Gasteiger partial charge < -0.3 is 10.4 Å². The van der Waals surface area contributed by atoms with Crippen molar-refractivity contribution in [3.8, 4) is 5.75 Å². The van der Waals surface area contributed by atoms with Crippen LogP contribution < -0.4 is 10.6 Å². The molecule has 1 atom stereocenters. The van der Waals surface area contributed by atoms with E-state index in [2.05, 4.69) is 15.6 Å². The van der Waals surface area contributed by atoms with Gasteiger partial charge in [0, 0.05) is 36.6 Å². The van der Waals surface area contributed by atoms with Crippen LogP contribution in [0, 0.1) is 0 Å². The Labute approximate surface area is 208 Å². The van der Waals surface area contributed by atoms with Gasteiger partial charge in [-0.1, -0.05) is 29.9 Å². The predicted octanol–water partition coefficient (Wildman–Crippen LogP) is 5.27. The van der Waals surface area contributed by atoms with Crippen LogP contribution in [0.2, 0.25) is 5.02 Å². The van der Waals surface area contributed by atoms with Gasteiger partial charge in [0.05, 0.1) is 21.3 Å². The second-order valence-electron chi connectivity index (χ2n) is 8.04. The first-order chi connectivity index (χ1) is 16.4. The highest BCUT2D eigenvalue weighted by molar-refractivity contribution is 7.22. The molecule has 35 heavy (non-hydrogen) atoms. The highest BCUT2D eigenvalue weighted by atomic mass is 35.5. The molecule has 0 spiro atoms. The van der Waals surface area contributed by atoms with Crippen LogP contribution in [0.5, 0.6) is 5.75 Å². The molecule has 3 N–H and O–H groups in total. The molecule has 1 unspecified atom stereocenters. The fourth-order valence-corrected chi connectivity index (χ4v) is 4.74. The molecule has 0 fully saturated rings. The van der Waals surface area contributed by atoms with Gasteiger partial charge in [-0.15, -0.1) is 0 Å². The summed E-state index contributed by atoms with van der Waals surface area (Å²) >= 11 is 7.10. The molecule has 1 heterocycles. The molecule has 0 aliphatic carbocycles. The lowest BCUT2D eigenvalue weighted by Gasteiger charge is -2.25. The Morgan fingerprint density at radius 1 is 1.26 bits per heavy atom. The summed E-state index contributed by atoms with van der Waals surface area (Å²) in [6, 6.07) is 5.86. The van der Waals surface area contributed by atoms with Crippen LogP contribution >= 0.6 is 22.9 Å². The number of aromatic nitrogens is 1. The number of hydrogen-bond acceptors (Lipinski definition) is 6. The van der Waals surface area contributed by atoms with Crippen LogP contribution in [0.4, 0.5) is 18.3 Å². The lowest BCUT2D eigenvalue weighted by molar-refractivity contribution is -0.137. The SMILES string of the molecule is CCN(Cc1cc(Cl)cc(C(=O)Nc2nc3ccc(C(F)(F)F)cc3s2)c1O)CC(C)NC(C)=O. The minimum absolute atomic E-state index is 0.0876. The zero-order valence-corrected chi connectivity index (χ0v) is 20.7. The van der Waals surface area contributed by atoms with Crippen molar-refractivity contribution < 1.29 is 27.9 Å². The summed E-state index contributed by atoms with van der Waals surface area (Å²) in [5, 5.41) is 16.4. The van der Waals surface area contributed by atoms with E-state index in [-0.39, 0.29) is 44.7 Å². The third-order valence-corrected chi connectivity index (χ3v) is 6.31. The van der Waals surface area contributed by atoms with Crippen molar-refractivity contribution in [3.63, 3.8) is 0 Å². The van der Waals surface area contributed by atoms with Crippen molar-refractivity contribution in [2.24, 2.45) is 0 Å². The molecule has 0 radical (unpaired) electrons. The van der Waals surface area contributed by atoms with Gasteiger partial charge in [-0.05, 0) is 43.8 Å². The van der Waals surface area contributed by atoms with E-state index in [4.69, 9.17) is 11.6 Å². The van der Waals surface area contributed by atoms with Crippen molar-refractivity contribution in [1.29, 1.82) is 0 Å². The summed E-state index contributed by atoms with van der Waals surface area (Å²) in [7, 11) is 0. The molecule has 12 heteroatoms. The fraction of sp³-hybridized carbons (Fsp3) is 0.348. The molecule has 0 saturated carbocycles. The molecule has 7 nitrogen and oxygen atoms in total. The number of thiazole rings is 1. The molecular weight excluding hydrogens is 505 g/mol. The van der Waals surface area contributed by atoms with E-state index in [1.807, 2.05) is 18.7 Å². The maximum Gasteiger partial charge on any atom is 0.416 e. The van der Waals surface area contributed by atoms with Crippen molar-refractivity contribution in [2.45, 2.75) is 39.5 Å². The van der Waals surface area contributed by atoms with E-state index >= 15 is 0 Å². The van der Waals surface area contributed by atoms with Crippen molar-refractivity contribution in [1.82, 2.24) is 15.2 Å². The van der Waals surface area contributed by atoms with Gasteiger partial charge in [0.15, 0.2) is 5.13 Å². The standard InChI is InChI=1S/C23H24ClF3N4O3S/c1-4-31(10-12(2)28-13(3)32)11-14-7-16(24)9-17(20(14)33)21(34)30-22-29-18-6-5-15(23(25,26)27)8-19(18)35-22/h5-9,12,33H,4,10-11H2,1-3H3,(H,28,32)(H,29,30,34). The van der Waals surface area contributed by atoms with Gasteiger partial charge in [-0.3, -0.25) is 19.8 Å². The molecule has 2 amide bonds. The number of rotatable bonds is 8. The number of aromatic hydroxyl groups is 1. The number of anilines is 1. The third kappa shape index (κ3) is 6.83. The minimum atomic E-state index is -4.49. The fourth-order valence-electron chi connectivity index (χ4n) is 3.59. The van der Waals surface area contributed by atoms with Gasteiger partial charge in [0.25, 0.3) is 5.91 Å². The number of nitrogens with one attached hydrogen (secondary N) is 2. The van der Waals surface area contributed by atoms with E-state index in [9.17, 15) is 27.9 Å². The average molecular weight is 529 g/mol.